The van der Waals surface area contributed by atoms with E-state index in [1.54, 1.807) is 71.7 Å². The quantitative estimate of drug-likeness (QED) is 0.0275. The zero-order valence-corrected chi connectivity index (χ0v) is 50.8. The van der Waals surface area contributed by atoms with Crippen LogP contribution in [0.5, 0.6) is 5.75 Å². The molecule has 0 atom stereocenters. The standard InChI is InChI=1S/C27H25NO3S.C23H25NO3S.C19H19NO5S/c29-26(21-15-17-24(18-16-21)32-23-13-5-2-6-14-23)25(19-20-9-7-8-10-20)28-31-27(30)22-11-3-1-4-12-22;1-17(25)27-24-22(16-18-8-4-2-5-9-18)23(26)19-12-14-21(15-13-19)28-20-10-6-3-7-11-20;1-13(20-25-14(2)22)19(23)15-3-7-17(8-4-15)26-18-9-5-16(6-10-18)24-12-11-21/h1-6,11-18,20H,7-10,19H2;3,6-7,10-15,18H,2,4-5,8-9,16H2,1H3;3-10,21H,11-12H2,1-2H3/b28-25-;24-22-;20-13-. The molecule has 0 saturated heterocycles. The Kier molecular flexibility index (Phi) is 26.8. The second kappa shape index (κ2) is 35.3. The lowest BCUT2D eigenvalue weighted by molar-refractivity contribution is -0.141. The zero-order valence-electron chi connectivity index (χ0n) is 48.3. The van der Waals surface area contributed by atoms with Gasteiger partial charge in [-0.2, -0.15) is 0 Å². The van der Waals surface area contributed by atoms with Crippen molar-refractivity contribution in [2.45, 2.75) is 121 Å². The Morgan fingerprint density at radius 3 is 1.16 bits per heavy atom. The van der Waals surface area contributed by atoms with Gasteiger partial charge < -0.3 is 24.4 Å². The van der Waals surface area contributed by atoms with Crippen molar-refractivity contribution in [3.63, 3.8) is 0 Å². The summed E-state index contributed by atoms with van der Waals surface area (Å²) in [7, 11) is 0. The van der Waals surface area contributed by atoms with Crippen molar-refractivity contribution in [1.29, 1.82) is 0 Å². The summed E-state index contributed by atoms with van der Waals surface area (Å²) < 4.78 is 5.32. The van der Waals surface area contributed by atoms with Gasteiger partial charge in [-0.25, -0.2) is 14.4 Å². The molecule has 1 N–H and O–H groups in total. The average molecular weight is 1210 g/mol. The van der Waals surface area contributed by atoms with Crippen molar-refractivity contribution < 1.29 is 53.1 Å². The number of oxime groups is 3. The largest absolute Gasteiger partial charge is 0.491 e. The number of aliphatic hydroxyl groups is 1. The molecule has 2 saturated carbocycles. The van der Waals surface area contributed by atoms with Gasteiger partial charge in [0.25, 0.3) is 0 Å². The highest BCUT2D eigenvalue weighted by atomic mass is 32.2. The fraction of sp³-hybridized carbons (Fsp3) is 0.261. The molecule has 7 aromatic rings. The van der Waals surface area contributed by atoms with Gasteiger partial charge in [-0.3, -0.25) is 14.4 Å². The predicted octanol–water partition coefficient (Wildman–Crippen LogP) is 16.1. The van der Waals surface area contributed by atoms with Crippen LogP contribution in [0.4, 0.5) is 0 Å². The molecule has 444 valence electrons. The van der Waals surface area contributed by atoms with Gasteiger partial charge in [-0.1, -0.05) is 163 Å². The van der Waals surface area contributed by atoms with Crippen LogP contribution in [0.25, 0.3) is 0 Å². The van der Waals surface area contributed by atoms with E-state index in [1.165, 1.54) is 52.9 Å². The second-order valence-electron chi connectivity index (χ2n) is 20.3. The smallest absolute Gasteiger partial charge is 0.365 e. The topological polar surface area (TPSA) is 197 Å². The first-order valence-corrected chi connectivity index (χ1v) is 31.0. The summed E-state index contributed by atoms with van der Waals surface area (Å²) in [4.78, 5) is 93.5. The van der Waals surface area contributed by atoms with E-state index in [1.807, 2.05) is 127 Å². The molecule has 14 nitrogen and oxygen atoms in total. The molecule has 0 spiro atoms. The van der Waals surface area contributed by atoms with E-state index in [0.717, 1.165) is 55.1 Å². The predicted molar refractivity (Wildman–Crippen MR) is 338 cm³/mol. The normalized spacial score (nSPS) is 13.7. The molecule has 2 aliphatic rings. The van der Waals surface area contributed by atoms with Gasteiger partial charge in [0.2, 0.25) is 17.3 Å². The maximum Gasteiger partial charge on any atom is 0.365 e. The van der Waals surface area contributed by atoms with Crippen LogP contribution in [0.1, 0.15) is 133 Å². The fourth-order valence-corrected chi connectivity index (χ4v) is 11.7. The van der Waals surface area contributed by atoms with Crippen LogP contribution < -0.4 is 4.74 Å². The van der Waals surface area contributed by atoms with Gasteiger partial charge in [0, 0.05) is 59.9 Å². The van der Waals surface area contributed by atoms with E-state index < -0.39 is 17.9 Å². The van der Waals surface area contributed by atoms with E-state index in [9.17, 15) is 28.8 Å². The minimum Gasteiger partial charge on any atom is -0.491 e. The van der Waals surface area contributed by atoms with Crippen molar-refractivity contribution in [1.82, 2.24) is 0 Å². The minimum absolute atomic E-state index is 0.0212. The first-order chi connectivity index (χ1) is 41.8. The molecule has 9 rings (SSSR count). The molecule has 0 amide bonds. The van der Waals surface area contributed by atoms with E-state index >= 15 is 0 Å². The number of nitrogens with zero attached hydrogens (tertiary/aromatic N) is 3. The number of benzene rings is 7. The number of ketones is 3. The summed E-state index contributed by atoms with van der Waals surface area (Å²) in [5, 5.41) is 20.2. The molecular formula is C69H69N3O11S3. The van der Waals surface area contributed by atoms with Gasteiger partial charge in [0.05, 0.1) is 12.2 Å². The van der Waals surface area contributed by atoms with Crippen molar-refractivity contribution >= 4 is 87.7 Å². The summed E-state index contributed by atoms with van der Waals surface area (Å²) >= 11 is 4.84. The average Bonchev–Trinajstić information content (AvgIpc) is 4.21. The van der Waals surface area contributed by atoms with E-state index in [0.29, 0.717) is 64.1 Å². The molecule has 0 aliphatic heterocycles. The molecule has 0 bridgehead atoms. The second-order valence-corrected chi connectivity index (χ2v) is 23.7. The number of carbonyl (C=O) groups excluding carboxylic acids is 6. The van der Waals surface area contributed by atoms with Crippen LogP contribution in [-0.2, 0) is 24.1 Å². The summed E-state index contributed by atoms with van der Waals surface area (Å²) in [6.07, 6.45) is 11.4. The molecule has 7 aromatic carbocycles. The number of rotatable bonds is 23. The number of carbonyl (C=O) groups is 6. The summed E-state index contributed by atoms with van der Waals surface area (Å²) in [5.41, 5.74) is 2.75. The maximum absolute atomic E-state index is 13.2. The number of hydrogen-bond donors (Lipinski definition) is 1. The van der Waals surface area contributed by atoms with E-state index in [-0.39, 0.29) is 36.3 Å². The third-order valence-corrected chi connectivity index (χ3v) is 16.6. The molecule has 2 aliphatic carbocycles. The lowest BCUT2D eigenvalue weighted by Gasteiger charge is -2.21. The SMILES string of the molecule is CC(=O)O/N=C(/C)C(=O)c1ccc(Sc2ccc(OCCO)cc2)cc1.CC(=O)O/N=C(/CC1CCCCC1)C(=O)c1ccc(Sc2ccccc2)cc1.O=C(O/N=C(/CC1CCCC1)C(=O)c1ccc(Sc2ccccc2)cc1)c1ccccc1. The van der Waals surface area contributed by atoms with Crippen LogP contribution in [0.2, 0.25) is 0 Å². The van der Waals surface area contributed by atoms with E-state index in [4.69, 9.17) is 19.5 Å². The first-order valence-electron chi connectivity index (χ1n) is 28.5. The van der Waals surface area contributed by atoms with Crippen LogP contribution >= 0.6 is 35.3 Å². The van der Waals surface area contributed by atoms with Crippen LogP contribution in [-0.4, -0.2) is 70.7 Å². The molecule has 2 fully saturated rings. The number of ether oxygens (including phenoxy) is 1. The number of Topliss-reactive ketones (excluding diaryl/α,β-unsaturated/α-hetero) is 3. The minimum atomic E-state index is -0.573. The highest BCUT2D eigenvalue weighted by molar-refractivity contribution is 7.99. The monoisotopic (exact) mass is 1210 g/mol. The molecule has 0 heterocycles. The highest BCUT2D eigenvalue weighted by Gasteiger charge is 2.25. The van der Waals surface area contributed by atoms with Gasteiger partial charge in [-0.15, -0.1) is 0 Å². The molecule has 0 radical (unpaired) electrons. The molecule has 86 heavy (non-hydrogen) atoms. The number of aliphatic hydroxyl groups excluding tert-OH is 1. The Labute approximate surface area is 515 Å². The first kappa shape index (κ1) is 65.3. The molecular weight excluding hydrogens is 1140 g/mol. The Morgan fingerprint density at radius 2 is 0.756 bits per heavy atom. The Morgan fingerprint density at radius 1 is 0.407 bits per heavy atom. The van der Waals surface area contributed by atoms with Gasteiger partial charge in [0.15, 0.2) is 0 Å². The van der Waals surface area contributed by atoms with Crippen molar-refractivity contribution in [2.24, 2.45) is 27.3 Å². The maximum atomic E-state index is 13.2. The molecule has 17 heteroatoms. The van der Waals surface area contributed by atoms with Crippen LogP contribution in [0.3, 0.4) is 0 Å². The fourth-order valence-electron chi connectivity index (χ4n) is 9.23. The Bertz CT molecular complexity index is 3410. The Balaban J connectivity index is 0.000000186. The van der Waals surface area contributed by atoms with Crippen LogP contribution in [0.15, 0.2) is 233 Å². The van der Waals surface area contributed by atoms with Gasteiger partial charge >= 0.3 is 17.9 Å². The van der Waals surface area contributed by atoms with Crippen molar-refractivity contribution in [2.75, 3.05) is 13.2 Å². The van der Waals surface area contributed by atoms with Crippen molar-refractivity contribution in [3.05, 3.63) is 210 Å². The Hall–Kier alpha value is -8.22. The number of hydrogen-bond acceptors (Lipinski definition) is 17. The van der Waals surface area contributed by atoms with Crippen molar-refractivity contribution in [3.8, 4) is 5.75 Å². The van der Waals surface area contributed by atoms with Gasteiger partial charge in [0.1, 0.15) is 29.5 Å². The lowest BCUT2D eigenvalue weighted by atomic mass is 9.84. The van der Waals surface area contributed by atoms with Crippen LogP contribution in [0, 0.1) is 11.8 Å². The summed E-state index contributed by atoms with van der Waals surface area (Å²) in [6.45, 7) is 4.25. The molecule has 0 unspecified atom stereocenters. The third-order valence-electron chi connectivity index (χ3n) is 13.6. The summed E-state index contributed by atoms with van der Waals surface area (Å²) in [6, 6.07) is 58.5. The summed E-state index contributed by atoms with van der Waals surface area (Å²) in [5.74, 6) is -0.754. The molecule has 0 aromatic heterocycles. The third kappa shape index (κ3) is 22.3. The zero-order chi connectivity index (χ0) is 60.9. The highest BCUT2D eigenvalue weighted by Crippen LogP contribution is 2.33. The lowest BCUT2D eigenvalue weighted by Crippen LogP contribution is -2.21. The van der Waals surface area contributed by atoms with E-state index in [2.05, 4.69) is 44.6 Å². The van der Waals surface area contributed by atoms with Gasteiger partial charge in [-0.05, 0) is 165 Å².